The van der Waals surface area contributed by atoms with Crippen molar-refractivity contribution in [3.8, 4) is 5.75 Å². The zero-order valence-electron chi connectivity index (χ0n) is 14.0. The molecule has 1 aliphatic rings. The highest BCUT2D eigenvalue weighted by Gasteiger charge is 2.35. The second kappa shape index (κ2) is 8.50. The van der Waals surface area contributed by atoms with E-state index < -0.39 is 38.6 Å². The molecule has 2 rings (SSSR count). The average Bonchev–Trinajstić information content (AvgIpc) is 2.58. The lowest BCUT2D eigenvalue weighted by atomic mass is 9.81. The summed E-state index contributed by atoms with van der Waals surface area (Å²) in [4.78, 5) is 12.0. The van der Waals surface area contributed by atoms with Gasteiger partial charge in [0, 0.05) is 0 Å². The van der Waals surface area contributed by atoms with Crippen molar-refractivity contribution >= 4 is 51.1 Å². The van der Waals surface area contributed by atoms with Crippen LogP contribution < -0.4 is 9.46 Å². The van der Waals surface area contributed by atoms with Crippen LogP contribution in [0.5, 0.6) is 5.75 Å². The minimum Gasteiger partial charge on any atom is -0.497 e. The van der Waals surface area contributed by atoms with Crippen molar-refractivity contribution in [1.82, 2.24) is 4.72 Å². The second-order valence-electron chi connectivity index (χ2n) is 5.73. The predicted molar refractivity (Wildman–Crippen MR) is 97.9 cm³/mol. The van der Waals surface area contributed by atoms with Crippen LogP contribution in [0.3, 0.4) is 0 Å². The van der Waals surface area contributed by atoms with E-state index in [4.69, 9.17) is 48.5 Å². The van der Waals surface area contributed by atoms with Gasteiger partial charge >= 0.3 is 16.3 Å². The van der Waals surface area contributed by atoms with E-state index in [1.165, 1.54) is 14.2 Å². The van der Waals surface area contributed by atoms with Crippen LogP contribution in [0.2, 0.25) is 0 Å². The predicted octanol–water partition coefficient (Wildman–Crippen LogP) is 2.69. The maximum atomic E-state index is 12.2. The molecule has 0 aromatic heterocycles. The Hall–Kier alpha value is -0.770. The molecule has 0 saturated heterocycles. The Morgan fingerprint density at radius 1 is 1.31 bits per heavy atom. The number of esters is 1. The molecule has 0 spiro atoms. The number of hydrogen-bond donors (Lipinski definition) is 1. The van der Waals surface area contributed by atoms with Crippen molar-refractivity contribution in [1.29, 1.82) is 0 Å². The van der Waals surface area contributed by atoms with Crippen LogP contribution >= 0.6 is 34.8 Å². The smallest absolute Gasteiger partial charge is 0.336 e. The van der Waals surface area contributed by atoms with Crippen LogP contribution in [0.15, 0.2) is 18.2 Å². The Morgan fingerprint density at radius 3 is 2.58 bits per heavy atom. The molecule has 0 aliphatic heterocycles. The Morgan fingerprint density at radius 2 is 2.00 bits per heavy atom. The third-order valence-corrected chi connectivity index (χ3v) is 5.24. The fourth-order valence-electron chi connectivity index (χ4n) is 2.78. The largest absolute Gasteiger partial charge is 0.497 e. The molecule has 146 valence electrons. The van der Waals surface area contributed by atoms with Gasteiger partial charge < -0.3 is 9.47 Å². The third kappa shape index (κ3) is 5.87. The first-order valence-electron chi connectivity index (χ1n) is 7.52. The fraction of sp³-hybridized carbons (Fsp3) is 0.533. The molecule has 0 saturated carbocycles. The highest BCUT2D eigenvalue weighted by molar-refractivity contribution is 7.84. The Balaban J connectivity index is 2.28. The highest BCUT2D eigenvalue weighted by atomic mass is 35.6. The Labute approximate surface area is 167 Å². The molecule has 7 nitrogen and oxygen atoms in total. The number of halogens is 3. The van der Waals surface area contributed by atoms with Crippen LogP contribution in [0.25, 0.3) is 0 Å². The summed E-state index contributed by atoms with van der Waals surface area (Å²) in [5.41, 5.74) is 1.49. The van der Waals surface area contributed by atoms with Crippen LogP contribution in [-0.2, 0) is 30.4 Å². The lowest BCUT2D eigenvalue weighted by Crippen LogP contribution is -2.37. The first-order chi connectivity index (χ1) is 12.0. The minimum atomic E-state index is -4.23. The highest BCUT2D eigenvalue weighted by Crippen LogP contribution is 2.36. The molecule has 1 N–H and O–H groups in total. The SMILES string of the molecule is COC(=O)[C@@H]1Cc2ccc(OC)cc2[C@@H](NS(=O)(=O)OCC(Cl)(Cl)Cl)C1. The first-order valence-corrected chi connectivity index (χ1v) is 10.1. The summed E-state index contributed by atoms with van der Waals surface area (Å²) < 4.78 is 39.6. The van der Waals surface area contributed by atoms with Crippen molar-refractivity contribution in [2.45, 2.75) is 22.7 Å². The number of alkyl halides is 3. The van der Waals surface area contributed by atoms with Gasteiger partial charge in [-0.2, -0.15) is 13.1 Å². The third-order valence-electron chi connectivity index (χ3n) is 3.91. The van der Waals surface area contributed by atoms with E-state index in [1.807, 2.05) is 0 Å². The molecule has 1 aromatic rings. The lowest BCUT2D eigenvalue weighted by molar-refractivity contribution is -0.146. The maximum absolute atomic E-state index is 12.2. The molecule has 0 bridgehead atoms. The van der Waals surface area contributed by atoms with Crippen LogP contribution in [0.1, 0.15) is 23.6 Å². The number of carbonyl (C=O) groups excluding carboxylic acids is 1. The van der Waals surface area contributed by atoms with Gasteiger partial charge in [-0.25, -0.2) is 0 Å². The van der Waals surface area contributed by atoms with Gasteiger partial charge in [0.2, 0.25) is 3.79 Å². The molecule has 0 unspecified atom stereocenters. The first kappa shape index (κ1) is 21.5. The summed E-state index contributed by atoms with van der Waals surface area (Å²) in [5.74, 6) is -0.355. The molecular formula is C15H18Cl3NO6S. The molecule has 11 heteroatoms. The van der Waals surface area contributed by atoms with Crippen molar-refractivity contribution in [2.24, 2.45) is 5.92 Å². The van der Waals surface area contributed by atoms with Crippen LogP contribution in [-0.4, -0.2) is 39.0 Å². The van der Waals surface area contributed by atoms with E-state index in [1.54, 1.807) is 18.2 Å². The lowest BCUT2D eigenvalue weighted by Gasteiger charge is -2.30. The van der Waals surface area contributed by atoms with Gasteiger partial charge in [-0.3, -0.25) is 8.98 Å². The van der Waals surface area contributed by atoms with Gasteiger partial charge in [-0.1, -0.05) is 40.9 Å². The normalized spacial score (nSPS) is 20.3. The number of hydrogen-bond acceptors (Lipinski definition) is 6. The van der Waals surface area contributed by atoms with Gasteiger partial charge in [-0.05, 0) is 36.1 Å². The number of rotatable bonds is 6. The van der Waals surface area contributed by atoms with E-state index in [0.717, 1.165) is 5.56 Å². The molecule has 1 aliphatic carbocycles. The van der Waals surface area contributed by atoms with Gasteiger partial charge in [-0.15, -0.1) is 0 Å². The summed E-state index contributed by atoms with van der Waals surface area (Å²) in [6.07, 6.45) is 0.627. The summed E-state index contributed by atoms with van der Waals surface area (Å²) in [5, 5.41) is 0. The van der Waals surface area contributed by atoms with Gasteiger partial charge in [0.25, 0.3) is 0 Å². The fourth-order valence-corrected chi connectivity index (χ4v) is 4.11. The summed E-state index contributed by atoms with van der Waals surface area (Å²) >= 11 is 16.6. The van der Waals surface area contributed by atoms with Gasteiger partial charge in [0.1, 0.15) is 12.4 Å². The van der Waals surface area contributed by atoms with Gasteiger partial charge in [0.05, 0.1) is 26.2 Å². The molecule has 2 atom stereocenters. The Bertz CT molecular complexity index is 765. The van der Waals surface area contributed by atoms with E-state index in [9.17, 15) is 13.2 Å². The number of benzene rings is 1. The molecule has 26 heavy (non-hydrogen) atoms. The van der Waals surface area contributed by atoms with Crippen LogP contribution in [0.4, 0.5) is 0 Å². The number of carbonyl (C=O) groups is 1. The van der Waals surface area contributed by atoms with E-state index >= 15 is 0 Å². The molecule has 0 amide bonds. The summed E-state index contributed by atoms with van der Waals surface area (Å²) in [6, 6.07) is 4.51. The van der Waals surface area contributed by atoms with Crippen molar-refractivity contribution in [2.75, 3.05) is 20.8 Å². The van der Waals surface area contributed by atoms with E-state index in [2.05, 4.69) is 4.72 Å². The number of fused-ring (bicyclic) bond motifs is 1. The number of methoxy groups -OCH3 is 2. The zero-order chi connectivity index (χ0) is 19.5. The molecular weight excluding hydrogens is 429 g/mol. The quantitative estimate of drug-likeness (QED) is 0.534. The summed E-state index contributed by atoms with van der Waals surface area (Å²) in [6.45, 7) is -0.648. The topological polar surface area (TPSA) is 90.9 Å². The number of nitrogens with one attached hydrogen (secondary N) is 1. The van der Waals surface area contributed by atoms with Crippen molar-refractivity contribution in [3.05, 3.63) is 29.3 Å². The van der Waals surface area contributed by atoms with Crippen LogP contribution in [0, 0.1) is 5.92 Å². The maximum Gasteiger partial charge on any atom is 0.336 e. The minimum absolute atomic E-state index is 0.198. The standard InChI is InChI=1S/C15H18Cl3NO6S/c1-23-11-4-3-9-5-10(14(20)24-2)6-13(12(9)7-11)19-26(21,22)25-8-15(16,17)18/h3-4,7,10,13,19H,5-6,8H2,1-2H3/t10-,13+/m1/s1. The van der Waals surface area contributed by atoms with E-state index in [-0.39, 0.29) is 6.42 Å². The molecule has 0 fully saturated rings. The Kier molecular flexibility index (Phi) is 7.04. The molecule has 1 aromatic carbocycles. The number of ether oxygens (including phenoxy) is 2. The van der Waals surface area contributed by atoms with Crippen molar-refractivity contribution in [3.63, 3.8) is 0 Å². The molecule has 0 heterocycles. The van der Waals surface area contributed by atoms with Gasteiger partial charge in [0.15, 0.2) is 0 Å². The zero-order valence-corrected chi connectivity index (χ0v) is 17.1. The monoisotopic (exact) mass is 445 g/mol. The second-order valence-corrected chi connectivity index (χ2v) is 9.62. The average molecular weight is 447 g/mol. The van der Waals surface area contributed by atoms with E-state index in [0.29, 0.717) is 17.7 Å². The summed E-state index contributed by atoms with van der Waals surface area (Å²) in [7, 11) is -1.44. The molecule has 0 radical (unpaired) electrons. The van der Waals surface area contributed by atoms with Crippen molar-refractivity contribution < 1.29 is 26.9 Å².